The quantitative estimate of drug-likeness (QED) is 0.135. The van der Waals surface area contributed by atoms with Gasteiger partial charge in [-0.15, -0.1) is 13.2 Å². The molecular weight excluding hydrogens is 623 g/mol. The number of aryl methyl sites for hydroxylation is 1. The van der Waals surface area contributed by atoms with Gasteiger partial charge in [-0.3, -0.25) is 4.55 Å². The molecule has 43 heavy (non-hydrogen) atoms. The van der Waals surface area contributed by atoms with Gasteiger partial charge >= 0.3 is 28.2 Å². The first-order valence-corrected chi connectivity index (χ1v) is 13.1. The fourth-order valence-corrected chi connectivity index (χ4v) is 3.46. The zero-order valence-electron chi connectivity index (χ0n) is 21.5. The van der Waals surface area contributed by atoms with Crippen molar-refractivity contribution in [3.63, 3.8) is 0 Å². The molecule has 1 N–H and O–H groups in total. The highest BCUT2D eigenvalue weighted by atomic mass is 32.2. The first-order chi connectivity index (χ1) is 19.8. The predicted octanol–water partition coefficient (Wildman–Crippen LogP) is 8.00. The molecule has 0 aliphatic rings. The number of benzene rings is 3. The zero-order chi connectivity index (χ0) is 32.2. The van der Waals surface area contributed by atoms with Crippen LogP contribution >= 0.6 is 0 Å². The van der Waals surface area contributed by atoms with Gasteiger partial charge in [0.25, 0.3) is 0 Å². The number of rotatable bonds is 5. The SMILES string of the molecule is CCn1ccc(=Nc2ccc(Oc3cccc(OC(F)(F)F)c3)cc2)c2ccc(C(F)(F)F)cc21.O=S(=O)(O)C(F)(F)F. The van der Waals surface area contributed by atoms with Crippen LogP contribution in [0.5, 0.6) is 17.2 Å². The van der Waals surface area contributed by atoms with Crippen LogP contribution in [0.2, 0.25) is 0 Å². The van der Waals surface area contributed by atoms with Gasteiger partial charge in [0.15, 0.2) is 0 Å². The minimum atomic E-state index is -5.84. The molecule has 3 aromatic carbocycles. The summed E-state index contributed by atoms with van der Waals surface area (Å²) in [4.78, 5) is 4.54. The molecule has 1 aromatic heterocycles. The summed E-state index contributed by atoms with van der Waals surface area (Å²) in [6.45, 7) is 2.32. The van der Waals surface area contributed by atoms with Gasteiger partial charge in [-0.1, -0.05) is 12.1 Å². The Balaban J connectivity index is 0.000000557. The third-order valence-electron chi connectivity index (χ3n) is 5.32. The molecular formula is C26H19F9N2O5S. The lowest BCUT2D eigenvalue weighted by atomic mass is 10.1. The third-order valence-corrected chi connectivity index (χ3v) is 5.90. The molecule has 7 nitrogen and oxygen atoms in total. The minimum absolute atomic E-state index is 0.148. The van der Waals surface area contributed by atoms with Crippen LogP contribution in [0.3, 0.4) is 0 Å². The Morgan fingerprint density at radius 2 is 1.42 bits per heavy atom. The summed E-state index contributed by atoms with van der Waals surface area (Å²) >= 11 is 0. The maximum atomic E-state index is 13.2. The van der Waals surface area contributed by atoms with Crippen LogP contribution in [0.1, 0.15) is 12.5 Å². The number of ether oxygens (including phenoxy) is 2. The number of pyridine rings is 1. The molecule has 17 heteroatoms. The molecule has 4 aromatic rings. The fraction of sp³-hybridized carbons (Fsp3) is 0.192. The van der Waals surface area contributed by atoms with Crippen LogP contribution in [0.4, 0.5) is 45.2 Å². The lowest BCUT2D eigenvalue weighted by Gasteiger charge is -2.12. The molecule has 0 aliphatic heterocycles. The molecule has 4 rings (SSSR count). The largest absolute Gasteiger partial charge is 0.573 e. The highest BCUT2D eigenvalue weighted by molar-refractivity contribution is 7.86. The van der Waals surface area contributed by atoms with E-state index in [2.05, 4.69) is 9.73 Å². The summed E-state index contributed by atoms with van der Waals surface area (Å²) in [7, 11) is -5.84. The van der Waals surface area contributed by atoms with Gasteiger partial charge in [0.1, 0.15) is 17.2 Å². The first-order valence-electron chi connectivity index (χ1n) is 11.7. The van der Waals surface area contributed by atoms with Gasteiger partial charge in [-0.2, -0.15) is 34.8 Å². The van der Waals surface area contributed by atoms with Crippen molar-refractivity contribution in [3.05, 3.63) is 89.9 Å². The Morgan fingerprint density at radius 1 is 0.814 bits per heavy atom. The summed E-state index contributed by atoms with van der Waals surface area (Å²) in [6.07, 6.45) is -7.59. The number of nitrogens with zero attached hydrogens (tertiary/aromatic N) is 2. The van der Waals surface area contributed by atoms with E-state index in [4.69, 9.17) is 17.7 Å². The van der Waals surface area contributed by atoms with Gasteiger partial charge in [-0.25, -0.2) is 4.99 Å². The molecule has 0 fully saturated rings. The second kappa shape index (κ2) is 12.5. The van der Waals surface area contributed by atoms with E-state index in [-0.39, 0.29) is 5.75 Å². The lowest BCUT2D eigenvalue weighted by molar-refractivity contribution is -0.274. The van der Waals surface area contributed by atoms with E-state index in [9.17, 15) is 39.5 Å². The van der Waals surface area contributed by atoms with E-state index in [0.29, 0.717) is 34.2 Å². The van der Waals surface area contributed by atoms with Crippen LogP contribution in [0.25, 0.3) is 10.9 Å². The molecule has 0 atom stereocenters. The second-order valence-corrected chi connectivity index (χ2v) is 9.78. The van der Waals surface area contributed by atoms with Gasteiger partial charge in [-0.05, 0) is 61.5 Å². The normalized spacial score (nSPS) is 13.0. The fourth-order valence-electron chi connectivity index (χ4n) is 3.46. The van der Waals surface area contributed by atoms with E-state index < -0.39 is 39.5 Å². The van der Waals surface area contributed by atoms with E-state index in [0.717, 1.165) is 24.3 Å². The molecule has 0 saturated heterocycles. The van der Waals surface area contributed by atoms with Crippen LogP contribution in [-0.4, -0.2) is 29.4 Å². The van der Waals surface area contributed by atoms with E-state index in [1.807, 2.05) is 6.92 Å². The van der Waals surface area contributed by atoms with Crippen molar-refractivity contribution >= 4 is 26.7 Å². The maximum absolute atomic E-state index is 13.2. The van der Waals surface area contributed by atoms with Crippen molar-refractivity contribution < 1.29 is 62.0 Å². The summed E-state index contributed by atoms with van der Waals surface area (Å²) in [5.74, 6) is 0.0929. The molecule has 1 heterocycles. The molecule has 0 spiro atoms. The van der Waals surface area contributed by atoms with Crippen LogP contribution in [-0.2, 0) is 22.8 Å². The lowest BCUT2D eigenvalue weighted by Crippen LogP contribution is -2.21. The topological polar surface area (TPSA) is 90.1 Å². The Morgan fingerprint density at radius 3 is 1.95 bits per heavy atom. The molecule has 0 aliphatic carbocycles. The Hall–Kier alpha value is -4.25. The van der Waals surface area contributed by atoms with Gasteiger partial charge in [0.05, 0.1) is 22.1 Å². The third kappa shape index (κ3) is 9.37. The minimum Gasteiger partial charge on any atom is -0.457 e. The summed E-state index contributed by atoms with van der Waals surface area (Å²) in [5.41, 5.74) is -5.35. The molecule has 0 amide bonds. The monoisotopic (exact) mass is 642 g/mol. The number of hydrogen-bond acceptors (Lipinski definition) is 5. The maximum Gasteiger partial charge on any atom is 0.573 e. The Kier molecular flexibility index (Phi) is 9.70. The van der Waals surface area contributed by atoms with Crippen LogP contribution in [0, 0.1) is 0 Å². The van der Waals surface area contributed by atoms with Crippen molar-refractivity contribution in [2.75, 3.05) is 0 Å². The predicted molar refractivity (Wildman–Crippen MR) is 135 cm³/mol. The second-order valence-electron chi connectivity index (χ2n) is 8.37. The van der Waals surface area contributed by atoms with Crippen molar-refractivity contribution in [1.29, 1.82) is 0 Å². The highest BCUT2D eigenvalue weighted by Gasteiger charge is 2.44. The van der Waals surface area contributed by atoms with Crippen molar-refractivity contribution in [2.24, 2.45) is 4.99 Å². The van der Waals surface area contributed by atoms with E-state index >= 15 is 0 Å². The summed E-state index contributed by atoms with van der Waals surface area (Å²) < 4.78 is 146. The van der Waals surface area contributed by atoms with Crippen LogP contribution in [0.15, 0.2) is 84.0 Å². The highest BCUT2D eigenvalue weighted by Crippen LogP contribution is 2.32. The smallest absolute Gasteiger partial charge is 0.457 e. The average Bonchev–Trinajstić information content (AvgIpc) is 2.87. The molecule has 0 unspecified atom stereocenters. The number of aromatic nitrogens is 1. The van der Waals surface area contributed by atoms with Crippen molar-refractivity contribution in [3.8, 4) is 17.2 Å². The summed E-state index contributed by atoms with van der Waals surface area (Å²) in [5, 5.41) is 1.05. The van der Waals surface area contributed by atoms with Gasteiger partial charge < -0.3 is 14.0 Å². The van der Waals surface area contributed by atoms with E-state index in [1.165, 1.54) is 18.2 Å². The standard InChI is InChI=1S/C25H18F6N2O2.CHF3O3S/c1-2-33-13-12-22(21-11-6-16(14-23(21)33)24(26,27)28)32-17-7-9-18(10-8-17)34-19-4-3-5-20(15-19)35-25(29,30)31;2-1(3,4)8(5,6)7/h3-15H,2H2,1H3;(H,5,6,7). The summed E-state index contributed by atoms with van der Waals surface area (Å²) in [6, 6.07) is 16.8. The zero-order valence-corrected chi connectivity index (χ0v) is 22.3. The van der Waals surface area contributed by atoms with E-state index in [1.54, 1.807) is 41.1 Å². The Labute approximate surface area is 237 Å². The van der Waals surface area contributed by atoms with Gasteiger partial charge in [0.2, 0.25) is 0 Å². The molecule has 0 bridgehead atoms. The Bertz CT molecular complexity index is 1750. The van der Waals surface area contributed by atoms with Crippen LogP contribution < -0.4 is 14.8 Å². The number of alkyl halides is 9. The molecule has 0 radical (unpaired) electrons. The van der Waals surface area contributed by atoms with Crippen molar-refractivity contribution in [2.45, 2.75) is 31.5 Å². The molecule has 0 saturated carbocycles. The first kappa shape index (κ1) is 33.3. The average molecular weight is 642 g/mol. The molecule has 232 valence electrons. The van der Waals surface area contributed by atoms with Gasteiger partial charge in [0, 0.05) is 24.2 Å². The number of halogens is 9. The number of hydrogen-bond donors (Lipinski definition) is 1. The number of fused-ring (bicyclic) bond motifs is 1. The van der Waals surface area contributed by atoms with Crippen molar-refractivity contribution in [1.82, 2.24) is 4.57 Å².